The predicted molar refractivity (Wildman–Crippen MR) is 104 cm³/mol. The lowest BCUT2D eigenvalue weighted by Crippen LogP contribution is -2.55. The third kappa shape index (κ3) is 4.15. The number of rotatable bonds is 6. The topological polar surface area (TPSA) is 70.0 Å². The summed E-state index contributed by atoms with van der Waals surface area (Å²) in [6.07, 6.45) is -0.142. The summed E-state index contributed by atoms with van der Waals surface area (Å²) < 4.78 is 5.30. The smallest absolute Gasteiger partial charge is 0.312 e. The van der Waals surface area contributed by atoms with Crippen molar-refractivity contribution >= 4 is 5.97 Å². The van der Waals surface area contributed by atoms with Gasteiger partial charge in [0.25, 0.3) is 0 Å². The second-order valence-corrected chi connectivity index (χ2v) is 7.43. The summed E-state index contributed by atoms with van der Waals surface area (Å²) >= 11 is 0. The molecule has 0 bridgehead atoms. The van der Waals surface area contributed by atoms with Gasteiger partial charge in [-0.05, 0) is 49.1 Å². The molecule has 27 heavy (non-hydrogen) atoms. The summed E-state index contributed by atoms with van der Waals surface area (Å²) in [5.41, 5.74) is 2.01. The molecular weight excluding hydrogens is 342 g/mol. The molecule has 0 aliphatic carbocycles. The quantitative estimate of drug-likeness (QED) is 0.819. The number of nitrogens with zero attached hydrogens (tertiary/aromatic N) is 1. The van der Waals surface area contributed by atoms with E-state index in [0.29, 0.717) is 32.5 Å². The number of β-amino-alcohol motifs (C(OH)–C–C–N with tert-alkyl or cyclic N) is 1. The van der Waals surface area contributed by atoms with Crippen LogP contribution in [-0.4, -0.2) is 47.4 Å². The van der Waals surface area contributed by atoms with E-state index in [1.54, 1.807) is 7.11 Å². The monoisotopic (exact) mass is 369 g/mol. The van der Waals surface area contributed by atoms with Gasteiger partial charge in [-0.15, -0.1) is 0 Å². The van der Waals surface area contributed by atoms with Crippen LogP contribution in [-0.2, 0) is 17.8 Å². The van der Waals surface area contributed by atoms with E-state index in [1.165, 1.54) is 0 Å². The van der Waals surface area contributed by atoms with Crippen molar-refractivity contribution in [2.45, 2.75) is 32.4 Å². The number of aryl methyl sites for hydroxylation is 1. The van der Waals surface area contributed by atoms with Gasteiger partial charge in [0.05, 0.1) is 13.2 Å². The molecule has 0 amide bonds. The number of aliphatic hydroxyl groups is 1. The highest BCUT2D eigenvalue weighted by atomic mass is 16.5. The van der Waals surface area contributed by atoms with Crippen LogP contribution < -0.4 is 4.74 Å². The lowest BCUT2D eigenvalue weighted by molar-refractivity contribution is -0.163. The molecule has 2 atom stereocenters. The molecule has 2 aromatic rings. The largest absolute Gasteiger partial charge is 0.496 e. The van der Waals surface area contributed by atoms with Gasteiger partial charge in [0.1, 0.15) is 11.2 Å². The summed E-state index contributed by atoms with van der Waals surface area (Å²) in [5.74, 6) is -0.0658. The van der Waals surface area contributed by atoms with E-state index < -0.39 is 17.5 Å². The number of likely N-dealkylation sites (tertiary alicyclic amines) is 1. The minimum Gasteiger partial charge on any atom is -0.496 e. The zero-order valence-corrected chi connectivity index (χ0v) is 15.9. The maximum Gasteiger partial charge on any atom is 0.312 e. The van der Waals surface area contributed by atoms with Crippen molar-refractivity contribution in [2.24, 2.45) is 5.41 Å². The Balaban J connectivity index is 1.71. The fraction of sp³-hybridized carbons (Fsp3) is 0.409. The van der Waals surface area contributed by atoms with Crippen molar-refractivity contribution in [2.75, 3.05) is 20.2 Å². The van der Waals surface area contributed by atoms with Crippen LogP contribution in [0.3, 0.4) is 0 Å². The number of ether oxygens (including phenoxy) is 1. The highest BCUT2D eigenvalue weighted by Gasteiger charge is 2.48. The number of carbonyl (C=O) groups is 1. The molecule has 1 aliphatic heterocycles. The van der Waals surface area contributed by atoms with E-state index in [0.717, 1.165) is 22.4 Å². The average molecular weight is 369 g/mol. The summed E-state index contributed by atoms with van der Waals surface area (Å²) in [5, 5.41) is 20.7. The first-order valence-corrected chi connectivity index (χ1v) is 9.26. The van der Waals surface area contributed by atoms with Gasteiger partial charge >= 0.3 is 5.97 Å². The first-order valence-electron chi connectivity index (χ1n) is 9.26. The lowest BCUT2D eigenvalue weighted by Gasteiger charge is -2.43. The number of carboxylic acid groups (broad SMARTS) is 1. The number of hydrogen-bond donors (Lipinski definition) is 2. The molecule has 0 saturated carbocycles. The van der Waals surface area contributed by atoms with Crippen molar-refractivity contribution < 1.29 is 19.7 Å². The number of aliphatic carboxylic acids is 1. The normalized spacial score (nSPS) is 23.1. The Morgan fingerprint density at radius 2 is 1.96 bits per heavy atom. The van der Waals surface area contributed by atoms with E-state index in [1.807, 2.05) is 49.4 Å². The minimum atomic E-state index is -1.13. The Kier molecular flexibility index (Phi) is 5.82. The molecule has 0 radical (unpaired) electrons. The molecule has 3 rings (SSSR count). The summed E-state index contributed by atoms with van der Waals surface area (Å²) in [6, 6.07) is 15.6. The van der Waals surface area contributed by atoms with Gasteiger partial charge in [-0.25, -0.2) is 0 Å². The number of benzene rings is 2. The summed E-state index contributed by atoms with van der Waals surface area (Å²) in [6.45, 7) is 3.68. The van der Waals surface area contributed by atoms with Gasteiger partial charge in [0, 0.05) is 13.1 Å². The van der Waals surface area contributed by atoms with Gasteiger partial charge in [0.2, 0.25) is 0 Å². The molecule has 0 unspecified atom stereocenters. The van der Waals surface area contributed by atoms with Gasteiger partial charge in [0.15, 0.2) is 0 Å². The second kappa shape index (κ2) is 8.11. The van der Waals surface area contributed by atoms with E-state index >= 15 is 0 Å². The van der Waals surface area contributed by atoms with E-state index in [4.69, 9.17) is 4.74 Å². The zero-order valence-electron chi connectivity index (χ0n) is 15.9. The van der Waals surface area contributed by atoms with Crippen LogP contribution in [0.5, 0.6) is 5.75 Å². The molecule has 0 aromatic heterocycles. The third-order valence-electron chi connectivity index (χ3n) is 5.60. The van der Waals surface area contributed by atoms with Crippen molar-refractivity contribution in [1.29, 1.82) is 0 Å². The molecule has 1 aliphatic rings. The molecular formula is C22H27NO4. The van der Waals surface area contributed by atoms with E-state index in [-0.39, 0.29) is 0 Å². The fourth-order valence-electron chi connectivity index (χ4n) is 3.97. The average Bonchev–Trinajstić information content (AvgIpc) is 2.65. The highest BCUT2D eigenvalue weighted by molar-refractivity contribution is 5.76. The highest BCUT2D eigenvalue weighted by Crippen LogP contribution is 2.36. The number of hydrogen-bond acceptors (Lipinski definition) is 4. The standard InChI is InChI=1S/C22H27NO4/c1-16-12-18(8-9-19(16)27-2)14-23-11-10-22(21(25)26,20(24)15-23)13-17-6-4-3-5-7-17/h3-9,12,20,24H,10-11,13-15H2,1-2H3,(H,25,26)/t20-,22-/m1/s1. The second-order valence-electron chi connectivity index (χ2n) is 7.43. The molecule has 2 N–H and O–H groups in total. The Hall–Kier alpha value is -2.37. The van der Waals surface area contributed by atoms with Crippen LogP contribution in [0, 0.1) is 12.3 Å². The molecule has 1 saturated heterocycles. The van der Waals surface area contributed by atoms with E-state index in [2.05, 4.69) is 11.0 Å². The van der Waals surface area contributed by atoms with Gasteiger partial charge in [-0.3, -0.25) is 9.69 Å². The Labute approximate surface area is 160 Å². The van der Waals surface area contributed by atoms with Crippen LogP contribution in [0.4, 0.5) is 0 Å². The van der Waals surface area contributed by atoms with Crippen molar-refractivity contribution in [3.63, 3.8) is 0 Å². The Bertz CT molecular complexity index is 792. The molecule has 2 aromatic carbocycles. The third-order valence-corrected chi connectivity index (χ3v) is 5.60. The minimum absolute atomic E-state index is 0.347. The Morgan fingerprint density at radius 3 is 2.56 bits per heavy atom. The van der Waals surface area contributed by atoms with Gasteiger partial charge in [-0.1, -0.05) is 42.5 Å². The number of aliphatic hydroxyl groups excluding tert-OH is 1. The lowest BCUT2D eigenvalue weighted by atomic mass is 9.71. The molecule has 1 heterocycles. The molecule has 5 nitrogen and oxygen atoms in total. The van der Waals surface area contributed by atoms with Crippen LogP contribution in [0.2, 0.25) is 0 Å². The van der Waals surface area contributed by atoms with Gasteiger partial charge < -0.3 is 14.9 Å². The van der Waals surface area contributed by atoms with Crippen molar-refractivity contribution in [1.82, 2.24) is 4.90 Å². The van der Waals surface area contributed by atoms with Crippen LogP contribution in [0.25, 0.3) is 0 Å². The molecule has 144 valence electrons. The first kappa shape index (κ1) is 19.4. The number of carboxylic acids is 1. The summed E-state index contributed by atoms with van der Waals surface area (Å²) in [4.78, 5) is 14.2. The van der Waals surface area contributed by atoms with Gasteiger partial charge in [-0.2, -0.15) is 0 Å². The van der Waals surface area contributed by atoms with E-state index in [9.17, 15) is 15.0 Å². The number of piperidine rings is 1. The SMILES string of the molecule is COc1ccc(CN2CC[C@](Cc3ccccc3)(C(=O)O)[C@H](O)C2)cc1C. The fourth-order valence-corrected chi connectivity index (χ4v) is 3.97. The first-order chi connectivity index (χ1) is 12.9. The van der Waals surface area contributed by atoms with Crippen LogP contribution >= 0.6 is 0 Å². The maximum absolute atomic E-state index is 12.1. The molecule has 0 spiro atoms. The maximum atomic E-state index is 12.1. The molecule has 1 fully saturated rings. The zero-order chi connectivity index (χ0) is 19.4. The van der Waals surface area contributed by atoms with Crippen LogP contribution in [0.1, 0.15) is 23.1 Å². The molecule has 5 heteroatoms. The summed E-state index contributed by atoms with van der Waals surface area (Å²) in [7, 11) is 1.65. The van der Waals surface area contributed by atoms with Crippen molar-refractivity contribution in [3.05, 3.63) is 65.2 Å². The Morgan fingerprint density at radius 1 is 1.22 bits per heavy atom. The van der Waals surface area contributed by atoms with Crippen molar-refractivity contribution in [3.8, 4) is 5.75 Å². The van der Waals surface area contributed by atoms with Crippen LogP contribution in [0.15, 0.2) is 48.5 Å². The predicted octanol–water partition coefficient (Wildman–Crippen LogP) is 2.88. The number of methoxy groups -OCH3 is 1.